The largest absolute Gasteiger partial charge is 0.469 e. The van der Waals surface area contributed by atoms with Crippen molar-refractivity contribution in [2.45, 2.75) is 31.8 Å². The number of thiazole rings is 1. The van der Waals surface area contributed by atoms with Gasteiger partial charge in [0.1, 0.15) is 0 Å². The molecule has 1 atom stereocenters. The van der Waals surface area contributed by atoms with Gasteiger partial charge in [0.25, 0.3) is 0 Å². The highest BCUT2D eigenvalue weighted by molar-refractivity contribution is 7.13. The highest BCUT2D eigenvalue weighted by atomic mass is 32.1. The maximum absolute atomic E-state index is 11.1. The molecule has 1 aromatic rings. The number of aromatic nitrogens is 1. The van der Waals surface area contributed by atoms with E-state index < -0.39 is 0 Å². The van der Waals surface area contributed by atoms with Crippen molar-refractivity contribution in [2.75, 3.05) is 25.6 Å². The predicted molar refractivity (Wildman–Crippen MR) is 69.9 cm³/mol. The monoisotopic (exact) mass is 270 g/mol. The quantitative estimate of drug-likeness (QED) is 0.827. The van der Waals surface area contributed by atoms with Crippen LogP contribution < -0.4 is 5.32 Å². The Kier molecular flexibility index (Phi) is 4.19. The van der Waals surface area contributed by atoms with Crippen molar-refractivity contribution in [3.05, 3.63) is 11.1 Å². The molecular formula is C12H18N2O3S. The molecular weight excluding hydrogens is 252 g/mol. The van der Waals surface area contributed by atoms with Gasteiger partial charge in [-0.05, 0) is 19.8 Å². The van der Waals surface area contributed by atoms with Crippen molar-refractivity contribution in [3.63, 3.8) is 0 Å². The standard InChI is InChI=1S/C12H18N2O3S/c1-12(4-3-5-17-12)8-13-11-14-9(7-18-11)6-10(15)16-2/h7H,3-6,8H2,1-2H3,(H,13,14). The van der Waals surface area contributed by atoms with E-state index in [1.807, 2.05) is 5.38 Å². The van der Waals surface area contributed by atoms with Crippen LogP contribution in [-0.4, -0.2) is 36.8 Å². The number of esters is 1. The van der Waals surface area contributed by atoms with Crippen molar-refractivity contribution < 1.29 is 14.3 Å². The van der Waals surface area contributed by atoms with Crippen molar-refractivity contribution >= 4 is 22.4 Å². The molecule has 1 aliphatic rings. The summed E-state index contributed by atoms with van der Waals surface area (Å²) in [5, 5.41) is 5.97. The smallest absolute Gasteiger partial charge is 0.311 e. The second-order valence-electron chi connectivity index (χ2n) is 4.65. The van der Waals surface area contributed by atoms with Gasteiger partial charge in [-0.15, -0.1) is 11.3 Å². The number of hydrogen-bond acceptors (Lipinski definition) is 6. The highest BCUT2D eigenvalue weighted by Crippen LogP contribution is 2.26. The van der Waals surface area contributed by atoms with E-state index in [2.05, 4.69) is 22.0 Å². The molecule has 6 heteroatoms. The van der Waals surface area contributed by atoms with Crippen molar-refractivity contribution in [1.82, 2.24) is 4.98 Å². The summed E-state index contributed by atoms with van der Waals surface area (Å²) >= 11 is 1.50. The first-order valence-electron chi connectivity index (χ1n) is 6.00. The minimum atomic E-state index is -0.266. The third-order valence-corrected chi connectivity index (χ3v) is 3.87. The first-order valence-corrected chi connectivity index (χ1v) is 6.88. The molecule has 1 unspecified atom stereocenters. The Bertz CT molecular complexity index is 413. The fourth-order valence-electron chi connectivity index (χ4n) is 1.93. The molecule has 2 heterocycles. The first kappa shape index (κ1) is 13.3. The average Bonchev–Trinajstić information content (AvgIpc) is 2.97. The summed E-state index contributed by atoms with van der Waals surface area (Å²) in [5.74, 6) is -0.266. The van der Waals surface area contributed by atoms with Crippen LogP contribution in [0.4, 0.5) is 5.13 Å². The fourth-order valence-corrected chi connectivity index (χ4v) is 2.64. The Morgan fingerprint density at radius 1 is 1.72 bits per heavy atom. The van der Waals surface area contributed by atoms with Gasteiger partial charge in [0.05, 0.1) is 24.8 Å². The average molecular weight is 270 g/mol. The van der Waals surface area contributed by atoms with E-state index in [0.717, 1.165) is 36.8 Å². The van der Waals surface area contributed by atoms with Crippen LogP contribution in [0.25, 0.3) is 0 Å². The third kappa shape index (κ3) is 3.43. The number of methoxy groups -OCH3 is 1. The Morgan fingerprint density at radius 2 is 2.56 bits per heavy atom. The molecule has 0 aliphatic carbocycles. The first-order chi connectivity index (χ1) is 8.61. The van der Waals surface area contributed by atoms with E-state index in [4.69, 9.17) is 4.74 Å². The molecule has 1 fully saturated rings. The van der Waals surface area contributed by atoms with Gasteiger partial charge in [-0.1, -0.05) is 0 Å². The van der Waals surface area contributed by atoms with Gasteiger partial charge in [0.15, 0.2) is 5.13 Å². The Morgan fingerprint density at radius 3 is 3.22 bits per heavy atom. The summed E-state index contributed by atoms with van der Waals surface area (Å²) in [6.45, 7) is 3.69. The molecule has 18 heavy (non-hydrogen) atoms. The molecule has 100 valence electrons. The minimum absolute atomic E-state index is 0.0891. The van der Waals surface area contributed by atoms with Gasteiger partial charge in [-0.3, -0.25) is 4.79 Å². The van der Waals surface area contributed by atoms with E-state index in [1.165, 1.54) is 18.4 Å². The molecule has 0 aromatic carbocycles. The summed E-state index contributed by atoms with van der Waals surface area (Å²) in [6, 6.07) is 0. The molecule has 0 spiro atoms. The second-order valence-corrected chi connectivity index (χ2v) is 5.51. The third-order valence-electron chi connectivity index (χ3n) is 3.02. The molecule has 1 N–H and O–H groups in total. The topological polar surface area (TPSA) is 60.5 Å². The van der Waals surface area contributed by atoms with Gasteiger partial charge in [-0.25, -0.2) is 4.98 Å². The predicted octanol–water partition coefficient (Wildman–Crippen LogP) is 1.84. The number of hydrogen-bond donors (Lipinski definition) is 1. The van der Waals surface area contributed by atoms with E-state index in [1.54, 1.807) is 0 Å². The zero-order valence-corrected chi connectivity index (χ0v) is 11.5. The van der Waals surface area contributed by atoms with Gasteiger partial charge >= 0.3 is 5.97 Å². The highest BCUT2D eigenvalue weighted by Gasteiger charge is 2.29. The SMILES string of the molecule is COC(=O)Cc1csc(NCC2(C)CCCO2)n1. The van der Waals surface area contributed by atoms with Crippen LogP contribution in [0, 0.1) is 0 Å². The molecule has 5 nitrogen and oxygen atoms in total. The maximum atomic E-state index is 11.1. The van der Waals surface area contributed by atoms with Crippen LogP contribution in [-0.2, 0) is 20.7 Å². The van der Waals surface area contributed by atoms with Gasteiger partial charge < -0.3 is 14.8 Å². The normalized spacial score (nSPS) is 23.0. The summed E-state index contributed by atoms with van der Waals surface area (Å²) < 4.78 is 10.3. The van der Waals surface area contributed by atoms with Crippen LogP contribution >= 0.6 is 11.3 Å². The van der Waals surface area contributed by atoms with Crippen LogP contribution in [0.1, 0.15) is 25.5 Å². The van der Waals surface area contributed by atoms with Crippen LogP contribution in [0.5, 0.6) is 0 Å². The number of anilines is 1. The van der Waals surface area contributed by atoms with Gasteiger partial charge in [-0.2, -0.15) is 0 Å². The number of nitrogens with one attached hydrogen (secondary N) is 1. The summed E-state index contributed by atoms with van der Waals surface area (Å²) in [5.41, 5.74) is 0.653. The lowest BCUT2D eigenvalue weighted by Gasteiger charge is -2.22. The number of rotatable bonds is 5. The Labute approximate surface area is 111 Å². The number of carbonyl (C=O) groups is 1. The van der Waals surface area contributed by atoms with Crippen molar-refractivity contribution in [2.24, 2.45) is 0 Å². The molecule has 0 bridgehead atoms. The lowest BCUT2D eigenvalue weighted by Crippen LogP contribution is -2.32. The lowest BCUT2D eigenvalue weighted by molar-refractivity contribution is -0.139. The van der Waals surface area contributed by atoms with Crippen molar-refractivity contribution in [3.8, 4) is 0 Å². The second kappa shape index (κ2) is 5.67. The Balaban J connectivity index is 1.85. The lowest BCUT2D eigenvalue weighted by atomic mass is 10.0. The molecule has 1 aliphatic heterocycles. The fraction of sp³-hybridized carbons (Fsp3) is 0.667. The van der Waals surface area contributed by atoms with Crippen LogP contribution in [0.3, 0.4) is 0 Å². The molecule has 1 saturated heterocycles. The number of ether oxygens (including phenoxy) is 2. The molecule has 1 aromatic heterocycles. The van der Waals surface area contributed by atoms with Gasteiger partial charge in [0.2, 0.25) is 0 Å². The summed E-state index contributed by atoms with van der Waals surface area (Å²) in [4.78, 5) is 15.5. The zero-order valence-electron chi connectivity index (χ0n) is 10.7. The Hall–Kier alpha value is -1.14. The summed E-state index contributed by atoms with van der Waals surface area (Å²) in [7, 11) is 1.38. The summed E-state index contributed by atoms with van der Waals surface area (Å²) in [6.07, 6.45) is 2.41. The zero-order chi connectivity index (χ0) is 13.0. The molecule has 0 radical (unpaired) electrons. The minimum Gasteiger partial charge on any atom is -0.469 e. The van der Waals surface area contributed by atoms with Crippen LogP contribution in [0.15, 0.2) is 5.38 Å². The maximum Gasteiger partial charge on any atom is 0.311 e. The van der Waals surface area contributed by atoms with E-state index >= 15 is 0 Å². The van der Waals surface area contributed by atoms with E-state index in [9.17, 15) is 4.79 Å². The molecule has 2 rings (SSSR count). The molecule has 0 amide bonds. The van der Waals surface area contributed by atoms with Crippen molar-refractivity contribution in [1.29, 1.82) is 0 Å². The van der Waals surface area contributed by atoms with Crippen LogP contribution in [0.2, 0.25) is 0 Å². The number of nitrogens with zero attached hydrogens (tertiary/aromatic N) is 1. The van der Waals surface area contributed by atoms with E-state index in [-0.39, 0.29) is 18.0 Å². The molecule has 0 saturated carbocycles. The van der Waals surface area contributed by atoms with E-state index in [0.29, 0.717) is 0 Å². The number of carbonyl (C=O) groups excluding carboxylic acids is 1. The van der Waals surface area contributed by atoms with Gasteiger partial charge in [0, 0.05) is 18.5 Å².